The molecule has 0 aliphatic heterocycles. The van der Waals surface area contributed by atoms with Gasteiger partial charge < -0.3 is 25.2 Å². The number of carboxylic acids is 1. The zero-order chi connectivity index (χ0) is 33.6. The number of aliphatic hydroxyl groups is 1. The van der Waals surface area contributed by atoms with E-state index in [1.807, 2.05) is 6.92 Å². The maximum atomic E-state index is 12.0. The molecule has 0 aliphatic carbocycles. The highest BCUT2D eigenvalue weighted by molar-refractivity contribution is 7.47. The van der Waals surface area contributed by atoms with E-state index in [4.69, 9.17) is 4.74 Å². The Morgan fingerprint density at radius 2 is 1.18 bits per heavy atom. The third kappa shape index (κ3) is 29.4. The van der Waals surface area contributed by atoms with Crippen molar-refractivity contribution in [2.45, 2.75) is 161 Å². The second kappa shape index (κ2) is 29.6. The number of hydrogen-bond acceptors (Lipinski definition) is 8. The van der Waals surface area contributed by atoms with Crippen LogP contribution in [0.1, 0.15) is 149 Å². The van der Waals surface area contributed by atoms with Crippen LogP contribution in [0.15, 0.2) is 12.2 Å². The number of aliphatic hydroxyl groups excluding tert-OH is 1. The number of esters is 1. The second-order valence-corrected chi connectivity index (χ2v) is 13.2. The van der Waals surface area contributed by atoms with E-state index in [0.29, 0.717) is 12.8 Å². The quantitative estimate of drug-likeness (QED) is 0.0247. The van der Waals surface area contributed by atoms with Crippen LogP contribution in [-0.2, 0) is 32.7 Å². The predicted octanol–water partition coefficient (Wildman–Crippen LogP) is 7.38. The van der Waals surface area contributed by atoms with Crippen LogP contribution in [0.25, 0.3) is 0 Å². The number of carbonyl (C=O) groups is 3. The monoisotopic (exact) mass is 663 g/mol. The standard InChI is InChI=1S/C33H62NO10P/c1-3-5-7-8-9-10-11-12-13-14-15-16-17-18-19-20-21-22-23-25-32(37)42-26-29(35)27-43-45(40,41)44-28-30(33(38)39)34-31(36)24-6-4-2/h12-13,29-30,35H,3-11,14-28H2,1-2H3,(H,34,36)(H,38,39)(H,40,41)/b13-12+. The van der Waals surface area contributed by atoms with Gasteiger partial charge in [-0.15, -0.1) is 0 Å². The molecule has 12 heteroatoms. The number of rotatable bonds is 32. The Kier molecular flexibility index (Phi) is 28.4. The minimum atomic E-state index is -4.72. The number of unbranched alkanes of at least 4 members (excludes halogenated alkanes) is 16. The minimum Gasteiger partial charge on any atom is -0.480 e. The number of phosphoric acid groups is 1. The molecule has 0 radical (unpaired) electrons. The third-order valence-corrected chi connectivity index (χ3v) is 8.26. The Bertz CT molecular complexity index is 838. The number of amides is 1. The van der Waals surface area contributed by atoms with E-state index in [1.54, 1.807) is 0 Å². The van der Waals surface area contributed by atoms with Crippen molar-refractivity contribution in [2.75, 3.05) is 19.8 Å². The molecule has 3 atom stereocenters. The van der Waals surface area contributed by atoms with E-state index < -0.39 is 57.6 Å². The number of nitrogens with one attached hydrogen (secondary N) is 1. The first-order chi connectivity index (χ1) is 21.6. The van der Waals surface area contributed by atoms with Gasteiger partial charge in [-0.3, -0.25) is 18.6 Å². The summed E-state index contributed by atoms with van der Waals surface area (Å²) in [5, 5.41) is 21.3. The Morgan fingerprint density at radius 3 is 1.71 bits per heavy atom. The van der Waals surface area contributed by atoms with Crippen LogP contribution in [0, 0.1) is 0 Å². The average molecular weight is 664 g/mol. The van der Waals surface area contributed by atoms with Gasteiger partial charge in [-0.1, -0.05) is 109 Å². The lowest BCUT2D eigenvalue weighted by atomic mass is 10.1. The highest BCUT2D eigenvalue weighted by atomic mass is 31.2. The normalized spacial score (nSPS) is 14.2. The number of phosphoric ester groups is 1. The van der Waals surface area contributed by atoms with Crippen molar-refractivity contribution >= 4 is 25.7 Å². The first-order valence-corrected chi connectivity index (χ1v) is 18.7. The van der Waals surface area contributed by atoms with Gasteiger partial charge in [0.25, 0.3) is 0 Å². The molecule has 4 N–H and O–H groups in total. The largest absolute Gasteiger partial charge is 0.480 e. The van der Waals surface area contributed by atoms with Gasteiger partial charge in [-0.25, -0.2) is 9.36 Å². The van der Waals surface area contributed by atoms with Gasteiger partial charge in [-0.05, 0) is 38.5 Å². The summed E-state index contributed by atoms with van der Waals surface area (Å²) >= 11 is 0. The Labute approximate surface area is 271 Å². The van der Waals surface area contributed by atoms with Crippen LogP contribution >= 0.6 is 7.82 Å². The number of aliphatic carboxylic acids is 1. The maximum absolute atomic E-state index is 12.0. The zero-order valence-electron chi connectivity index (χ0n) is 27.9. The van der Waals surface area contributed by atoms with E-state index in [2.05, 4.69) is 33.4 Å². The predicted molar refractivity (Wildman–Crippen MR) is 176 cm³/mol. The van der Waals surface area contributed by atoms with E-state index in [-0.39, 0.29) is 12.8 Å². The summed E-state index contributed by atoms with van der Waals surface area (Å²) < 4.78 is 26.3. The van der Waals surface area contributed by atoms with Gasteiger partial charge in [-0.2, -0.15) is 0 Å². The summed E-state index contributed by atoms with van der Waals surface area (Å²) in [6, 6.07) is -1.54. The molecule has 0 aromatic rings. The fourth-order valence-electron chi connectivity index (χ4n) is 4.52. The summed E-state index contributed by atoms with van der Waals surface area (Å²) in [4.78, 5) is 44.7. The molecule has 3 unspecified atom stereocenters. The molecule has 0 fully saturated rings. The molecule has 0 heterocycles. The van der Waals surface area contributed by atoms with E-state index in [9.17, 15) is 34.1 Å². The Morgan fingerprint density at radius 1 is 0.689 bits per heavy atom. The van der Waals surface area contributed by atoms with Crippen LogP contribution in [0.4, 0.5) is 0 Å². The molecule has 0 aliphatic rings. The van der Waals surface area contributed by atoms with Crippen molar-refractivity contribution in [1.82, 2.24) is 5.32 Å². The third-order valence-electron chi connectivity index (χ3n) is 7.30. The lowest BCUT2D eigenvalue weighted by Crippen LogP contribution is -2.43. The second-order valence-electron chi connectivity index (χ2n) is 11.7. The summed E-state index contributed by atoms with van der Waals surface area (Å²) in [6.45, 7) is 2.24. The summed E-state index contributed by atoms with van der Waals surface area (Å²) in [7, 11) is -4.72. The summed E-state index contributed by atoms with van der Waals surface area (Å²) in [6.07, 6.45) is 25.5. The fourth-order valence-corrected chi connectivity index (χ4v) is 5.29. The van der Waals surface area contributed by atoms with Gasteiger partial charge in [0, 0.05) is 12.8 Å². The van der Waals surface area contributed by atoms with Gasteiger partial charge in [0.15, 0.2) is 6.04 Å². The van der Waals surface area contributed by atoms with Crippen molar-refractivity contribution < 1.29 is 47.8 Å². The summed E-state index contributed by atoms with van der Waals surface area (Å²) in [5.74, 6) is -2.42. The molecule has 0 rings (SSSR count). The Hall–Kier alpha value is -1.78. The van der Waals surface area contributed by atoms with Gasteiger partial charge in [0.1, 0.15) is 12.7 Å². The number of carboxylic acid groups (broad SMARTS) is 1. The first-order valence-electron chi connectivity index (χ1n) is 17.2. The van der Waals surface area contributed by atoms with Crippen molar-refractivity contribution in [3.05, 3.63) is 12.2 Å². The molecule has 264 valence electrons. The molecule has 0 saturated heterocycles. The number of allylic oxidation sites excluding steroid dienone is 2. The van der Waals surface area contributed by atoms with Crippen LogP contribution in [0.5, 0.6) is 0 Å². The molecule has 0 aromatic carbocycles. The molecule has 0 bridgehead atoms. The average Bonchev–Trinajstić information content (AvgIpc) is 3.01. The highest BCUT2D eigenvalue weighted by Gasteiger charge is 2.28. The zero-order valence-corrected chi connectivity index (χ0v) is 28.8. The number of carbonyl (C=O) groups excluding carboxylic acids is 2. The summed E-state index contributed by atoms with van der Waals surface area (Å²) in [5.41, 5.74) is 0. The SMILES string of the molecule is CCCCCCCC/C=C/CCCCCCCCCCCC(=O)OCC(O)COP(=O)(O)OCC(NC(=O)CCCC)C(=O)O. The molecule has 0 spiro atoms. The minimum absolute atomic E-state index is 0.122. The van der Waals surface area contributed by atoms with Gasteiger partial charge in [0.2, 0.25) is 5.91 Å². The smallest absolute Gasteiger partial charge is 0.472 e. The molecular formula is C33H62NO10P. The molecule has 45 heavy (non-hydrogen) atoms. The molecule has 11 nitrogen and oxygen atoms in total. The molecule has 0 saturated carbocycles. The van der Waals surface area contributed by atoms with Crippen molar-refractivity contribution in [1.29, 1.82) is 0 Å². The van der Waals surface area contributed by atoms with Crippen LogP contribution in [-0.4, -0.2) is 64.9 Å². The van der Waals surface area contributed by atoms with Crippen LogP contribution in [0.2, 0.25) is 0 Å². The van der Waals surface area contributed by atoms with E-state index >= 15 is 0 Å². The van der Waals surface area contributed by atoms with Crippen molar-refractivity contribution in [3.8, 4) is 0 Å². The van der Waals surface area contributed by atoms with Crippen molar-refractivity contribution in [3.63, 3.8) is 0 Å². The number of ether oxygens (including phenoxy) is 1. The van der Waals surface area contributed by atoms with Crippen LogP contribution in [0.3, 0.4) is 0 Å². The molecule has 1 amide bonds. The lowest BCUT2D eigenvalue weighted by Gasteiger charge is -2.18. The highest BCUT2D eigenvalue weighted by Crippen LogP contribution is 2.43. The van der Waals surface area contributed by atoms with Gasteiger partial charge in [0.05, 0.1) is 13.2 Å². The van der Waals surface area contributed by atoms with E-state index in [1.165, 1.54) is 83.5 Å². The Balaban J connectivity index is 3.75. The first kappa shape index (κ1) is 43.2. The molecular weight excluding hydrogens is 601 g/mol. The molecule has 0 aromatic heterocycles. The van der Waals surface area contributed by atoms with E-state index in [0.717, 1.165) is 25.7 Å². The topological polar surface area (TPSA) is 169 Å². The van der Waals surface area contributed by atoms with Crippen LogP contribution < -0.4 is 5.32 Å². The van der Waals surface area contributed by atoms with Gasteiger partial charge >= 0.3 is 19.8 Å². The fraction of sp³-hybridized carbons (Fsp3) is 0.848. The number of hydrogen-bond donors (Lipinski definition) is 4. The van der Waals surface area contributed by atoms with Crippen molar-refractivity contribution in [2.24, 2.45) is 0 Å². The maximum Gasteiger partial charge on any atom is 0.472 e. The lowest BCUT2D eigenvalue weighted by molar-refractivity contribution is -0.147.